The Labute approximate surface area is 170 Å². The third-order valence-corrected chi connectivity index (χ3v) is 5.48. The van der Waals surface area contributed by atoms with Gasteiger partial charge in [0.15, 0.2) is 0 Å². The van der Waals surface area contributed by atoms with E-state index >= 15 is 0 Å². The van der Waals surface area contributed by atoms with Crippen molar-refractivity contribution >= 4 is 23.2 Å². The lowest BCUT2D eigenvalue weighted by Gasteiger charge is -2.28. The standard InChI is InChI=1S/C22H26N4O3/c1-16-5-4-6-18(20(16)22(28)26-9-2-3-10-26)24-21(27)19-15-17(7-8-23-19)25-11-13-29-14-12-25/h4-8,15H,2-3,9-14H2,1H3,(H,24,27). The van der Waals surface area contributed by atoms with Crippen LogP contribution in [0.5, 0.6) is 0 Å². The largest absolute Gasteiger partial charge is 0.378 e. The topological polar surface area (TPSA) is 74.8 Å². The Morgan fingerprint density at radius 1 is 1.07 bits per heavy atom. The first-order valence-electron chi connectivity index (χ1n) is 10.1. The highest BCUT2D eigenvalue weighted by Gasteiger charge is 2.24. The number of pyridine rings is 1. The number of carbonyl (C=O) groups excluding carboxylic acids is 2. The van der Waals surface area contributed by atoms with Crippen LogP contribution in [-0.4, -0.2) is 61.1 Å². The van der Waals surface area contributed by atoms with E-state index in [0.717, 1.165) is 50.3 Å². The summed E-state index contributed by atoms with van der Waals surface area (Å²) >= 11 is 0. The Hall–Kier alpha value is -2.93. The van der Waals surface area contributed by atoms with Crippen LogP contribution >= 0.6 is 0 Å². The summed E-state index contributed by atoms with van der Waals surface area (Å²) in [5, 5.41) is 2.91. The summed E-state index contributed by atoms with van der Waals surface area (Å²) in [6.45, 7) is 6.36. The van der Waals surface area contributed by atoms with Gasteiger partial charge in [0.1, 0.15) is 5.69 Å². The number of amides is 2. The van der Waals surface area contributed by atoms with Crippen molar-refractivity contribution in [3.63, 3.8) is 0 Å². The van der Waals surface area contributed by atoms with Gasteiger partial charge in [0.05, 0.1) is 24.5 Å². The number of ether oxygens (including phenoxy) is 1. The second kappa shape index (κ2) is 8.61. The highest BCUT2D eigenvalue weighted by Crippen LogP contribution is 2.24. The molecule has 2 amide bonds. The van der Waals surface area contributed by atoms with E-state index in [1.165, 1.54) is 0 Å². The molecule has 0 aliphatic carbocycles. The van der Waals surface area contributed by atoms with Gasteiger partial charge in [-0.25, -0.2) is 0 Å². The zero-order chi connectivity index (χ0) is 20.2. The van der Waals surface area contributed by atoms with Crippen LogP contribution in [0.15, 0.2) is 36.5 Å². The molecule has 152 valence electrons. The number of morpholine rings is 1. The van der Waals surface area contributed by atoms with Crippen molar-refractivity contribution in [3.05, 3.63) is 53.3 Å². The van der Waals surface area contributed by atoms with Gasteiger partial charge < -0.3 is 19.9 Å². The number of aryl methyl sites for hydroxylation is 1. The quantitative estimate of drug-likeness (QED) is 0.863. The Morgan fingerprint density at radius 3 is 2.59 bits per heavy atom. The van der Waals surface area contributed by atoms with Crippen molar-refractivity contribution in [1.82, 2.24) is 9.88 Å². The van der Waals surface area contributed by atoms with Crippen LogP contribution in [0.3, 0.4) is 0 Å². The van der Waals surface area contributed by atoms with E-state index in [1.807, 2.05) is 30.0 Å². The van der Waals surface area contributed by atoms with Crippen LogP contribution in [0.25, 0.3) is 0 Å². The molecule has 0 atom stereocenters. The minimum absolute atomic E-state index is 0.0223. The molecule has 2 fully saturated rings. The Kier molecular flexibility index (Phi) is 5.76. The van der Waals surface area contributed by atoms with Gasteiger partial charge in [0.25, 0.3) is 11.8 Å². The molecule has 0 radical (unpaired) electrons. The fourth-order valence-corrected chi connectivity index (χ4v) is 3.88. The number of nitrogens with zero attached hydrogens (tertiary/aromatic N) is 3. The smallest absolute Gasteiger partial charge is 0.274 e. The molecule has 0 saturated carbocycles. The number of likely N-dealkylation sites (tertiary alicyclic amines) is 1. The van der Waals surface area contributed by atoms with Crippen molar-refractivity contribution in [2.45, 2.75) is 19.8 Å². The fraction of sp³-hybridized carbons (Fsp3) is 0.409. The van der Waals surface area contributed by atoms with E-state index in [4.69, 9.17) is 4.74 Å². The highest BCUT2D eigenvalue weighted by molar-refractivity contribution is 6.09. The molecule has 0 bridgehead atoms. The number of hydrogen-bond acceptors (Lipinski definition) is 5. The molecule has 2 aliphatic heterocycles. The predicted octanol–water partition coefficient (Wildman–Crippen LogP) is 2.71. The molecule has 1 aromatic carbocycles. The second-order valence-corrected chi connectivity index (χ2v) is 7.45. The molecule has 1 aromatic heterocycles. The van der Waals surface area contributed by atoms with Crippen LogP contribution in [0.1, 0.15) is 39.3 Å². The zero-order valence-corrected chi connectivity index (χ0v) is 16.7. The summed E-state index contributed by atoms with van der Waals surface area (Å²) < 4.78 is 5.39. The maximum Gasteiger partial charge on any atom is 0.274 e. The third kappa shape index (κ3) is 4.24. The first-order chi connectivity index (χ1) is 14.1. The van der Waals surface area contributed by atoms with Crippen molar-refractivity contribution in [2.24, 2.45) is 0 Å². The molecular formula is C22H26N4O3. The molecule has 4 rings (SSSR count). The van der Waals surface area contributed by atoms with Gasteiger partial charge in [-0.15, -0.1) is 0 Å². The maximum absolute atomic E-state index is 13.0. The molecule has 29 heavy (non-hydrogen) atoms. The molecule has 0 spiro atoms. The number of rotatable bonds is 4. The Bertz CT molecular complexity index is 903. The number of hydrogen-bond donors (Lipinski definition) is 1. The van der Waals surface area contributed by atoms with Crippen LogP contribution < -0.4 is 10.2 Å². The van der Waals surface area contributed by atoms with Crippen molar-refractivity contribution < 1.29 is 14.3 Å². The molecule has 3 heterocycles. The number of carbonyl (C=O) groups is 2. The van der Waals surface area contributed by atoms with Gasteiger partial charge in [-0.1, -0.05) is 12.1 Å². The summed E-state index contributed by atoms with van der Waals surface area (Å²) in [5.41, 5.74) is 3.23. The summed E-state index contributed by atoms with van der Waals surface area (Å²) in [4.78, 5) is 34.2. The average molecular weight is 394 g/mol. The second-order valence-electron chi connectivity index (χ2n) is 7.45. The van der Waals surface area contributed by atoms with E-state index in [2.05, 4.69) is 15.2 Å². The van der Waals surface area contributed by atoms with E-state index in [1.54, 1.807) is 18.3 Å². The van der Waals surface area contributed by atoms with Crippen molar-refractivity contribution in [1.29, 1.82) is 0 Å². The van der Waals surface area contributed by atoms with E-state index in [0.29, 0.717) is 30.2 Å². The predicted molar refractivity (Wildman–Crippen MR) is 112 cm³/mol. The normalized spacial score (nSPS) is 16.7. The van der Waals surface area contributed by atoms with Gasteiger partial charge in [0.2, 0.25) is 0 Å². The number of benzene rings is 1. The van der Waals surface area contributed by atoms with Crippen molar-refractivity contribution in [2.75, 3.05) is 49.6 Å². The molecule has 2 aromatic rings. The van der Waals surface area contributed by atoms with Crippen molar-refractivity contribution in [3.8, 4) is 0 Å². The van der Waals surface area contributed by atoms with E-state index in [9.17, 15) is 9.59 Å². The molecule has 7 nitrogen and oxygen atoms in total. The van der Waals surface area contributed by atoms with Gasteiger partial charge in [-0.2, -0.15) is 0 Å². The lowest BCUT2D eigenvalue weighted by Crippen LogP contribution is -2.36. The van der Waals surface area contributed by atoms with E-state index < -0.39 is 0 Å². The Balaban J connectivity index is 1.56. The lowest BCUT2D eigenvalue weighted by molar-refractivity contribution is 0.0793. The fourth-order valence-electron chi connectivity index (χ4n) is 3.88. The minimum Gasteiger partial charge on any atom is -0.378 e. The first-order valence-corrected chi connectivity index (χ1v) is 10.1. The van der Waals surface area contributed by atoms with Crippen LogP contribution in [0.4, 0.5) is 11.4 Å². The summed E-state index contributed by atoms with van der Waals surface area (Å²) in [7, 11) is 0. The number of anilines is 2. The Morgan fingerprint density at radius 2 is 1.83 bits per heavy atom. The first kappa shape index (κ1) is 19.4. The molecule has 0 unspecified atom stereocenters. The van der Waals surface area contributed by atoms with Crippen LogP contribution in [-0.2, 0) is 4.74 Å². The maximum atomic E-state index is 13.0. The van der Waals surface area contributed by atoms with Crippen LogP contribution in [0, 0.1) is 6.92 Å². The summed E-state index contributed by atoms with van der Waals surface area (Å²) in [6, 6.07) is 9.22. The number of nitrogens with one attached hydrogen (secondary N) is 1. The SMILES string of the molecule is Cc1cccc(NC(=O)c2cc(N3CCOCC3)ccn2)c1C(=O)N1CCCC1. The molecule has 7 heteroatoms. The summed E-state index contributed by atoms with van der Waals surface area (Å²) in [5.74, 6) is -0.341. The van der Waals surface area contributed by atoms with Crippen LogP contribution in [0.2, 0.25) is 0 Å². The molecular weight excluding hydrogens is 368 g/mol. The van der Waals surface area contributed by atoms with Gasteiger partial charge in [-0.3, -0.25) is 14.6 Å². The molecule has 2 aliphatic rings. The number of aromatic nitrogens is 1. The van der Waals surface area contributed by atoms with Gasteiger partial charge in [-0.05, 0) is 43.5 Å². The average Bonchev–Trinajstić information content (AvgIpc) is 3.29. The van der Waals surface area contributed by atoms with Gasteiger partial charge in [0, 0.05) is 38.1 Å². The van der Waals surface area contributed by atoms with E-state index in [-0.39, 0.29) is 11.8 Å². The molecule has 1 N–H and O–H groups in total. The van der Waals surface area contributed by atoms with Gasteiger partial charge >= 0.3 is 0 Å². The third-order valence-electron chi connectivity index (χ3n) is 5.48. The summed E-state index contributed by atoms with van der Waals surface area (Å²) in [6.07, 6.45) is 3.70. The lowest BCUT2D eigenvalue weighted by atomic mass is 10.0. The highest BCUT2D eigenvalue weighted by atomic mass is 16.5. The molecule has 2 saturated heterocycles. The monoisotopic (exact) mass is 394 g/mol. The minimum atomic E-state index is -0.318. The zero-order valence-electron chi connectivity index (χ0n) is 16.7.